The number of benzene rings is 2. The number of aromatic nitrogens is 3. The van der Waals surface area contributed by atoms with E-state index in [1.54, 1.807) is 16.9 Å². The number of hydrogen-bond donors (Lipinski definition) is 1. The average molecular weight is 358 g/mol. The molecule has 2 heterocycles. The summed E-state index contributed by atoms with van der Waals surface area (Å²) in [5.74, 6) is -0.332. The minimum absolute atomic E-state index is 0.332. The molecule has 0 atom stereocenters. The number of rotatable bonds is 5. The maximum absolute atomic E-state index is 12.5. The smallest absolute Gasteiger partial charge is 0.275 e. The molecule has 0 aliphatic carbocycles. The van der Waals surface area contributed by atoms with Crippen molar-refractivity contribution in [3.05, 3.63) is 84.1 Å². The summed E-state index contributed by atoms with van der Waals surface area (Å²) in [6.07, 6.45) is 1.67. The fraction of sp³-hybridized carbons (Fsp3) is 0.0952. The van der Waals surface area contributed by atoms with Crippen molar-refractivity contribution in [1.29, 1.82) is 0 Å². The number of nitrogens with zero attached hydrogens (tertiary/aromatic N) is 3. The second-order valence-corrected chi connectivity index (χ2v) is 6.08. The van der Waals surface area contributed by atoms with Crippen molar-refractivity contribution in [3.63, 3.8) is 0 Å². The highest BCUT2D eigenvalue weighted by Gasteiger charge is 2.17. The predicted molar refractivity (Wildman–Crippen MR) is 103 cm³/mol. The first kappa shape index (κ1) is 16.9. The molecule has 1 amide bonds. The zero-order valence-corrected chi connectivity index (χ0v) is 14.8. The van der Waals surface area contributed by atoms with Gasteiger partial charge in [0.25, 0.3) is 5.91 Å². The Morgan fingerprint density at radius 3 is 2.48 bits per heavy atom. The van der Waals surface area contributed by atoms with E-state index in [0.717, 1.165) is 11.1 Å². The van der Waals surface area contributed by atoms with Crippen LogP contribution in [0.3, 0.4) is 0 Å². The van der Waals surface area contributed by atoms with Crippen molar-refractivity contribution in [3.8, 4) is 11.3 Å². The highest BCUT2D eigenvalue weighted by atomic mass is 16.6. The molecule has 0 unspecified atom stereocenters. The van der Waals surface area contributed by atoms with E-state index in [4.69, 9.17) is 9.82 Å². The van der Waals surface area contributed by atoms with Crippen LogP contribution in [0.25, 0.3) is 22.3 Å². The summed E-state index contributed by atoms with van der Waals surface area (Å²) in [7, 11) is 1.41. The molecule has 0 radical (unpaired) electrons. The van der Waals surface area contributed by atoms with Gasteiger partial charge in [-0.05, 0) is 11.6 Å². The Kier molecular flexibility index (Phi) is 4.63. The van der Waals surface area contributed by atoms with Gasteiger partial charge in [-0.3, -0.25) is 9.63 Å². The lowest BCUT2D eigenvalue weighted by Gasteiger charge is -2.09. The van der Waals surface area contributed by atoms with Crippen molar-refractivity contribution in [2.24, 2.45) is 0 Å². The first-order valence-electron chi connectivity index (χ1n) is 8.55. The minimum atomic E-state index is -0.332. The fourth-order valence-electron chi connectivity index (χ4n) is 3.01. The molecule has 2 aromatic carbocycles. The number of fused-ring (bicyclic) bond motifs is 1. The lowest BCUT2D eigenvalue weighted by Crippen LogP contribution is -2.22. The van der Waals surface area contributed by atoms with Crippen molar-refractivity contribution < 1.29 is 9.63 Å². The zero-order valence-electron chi connectivity index (χ0n) is 14.8. The molecule has 0 aliphatic heterocycles. The van der Waals surface area contributed by atoms with Crippen molar-refractivity contribution >= 4 is 16.9 Å². The maximum Gasteiger partial charge on any atom is 0.275 e. The van der Waals surface area contributed by atoms with Crippen LogP contribution in [0.4, 0.5) is 0 Å². The van der Waals surface area contributed by atoms with Gasteiger partial charge in [0.05, 0.1) is 36.5 Å². The third-order valence-electron chi connectivity index (χ3n) is 4.29. The Morgan fingerprint density at radius 2 is 1.78 bits per heavy atom. The second kappa shape index (κ2) is 7.39. The molecule has 1 N–H and O–H groups in total. The number of amides is 1. The SMILES string of the molecule is CONC(=O)c1cc(-c2ccccc2)nc2c1cnn2Cc1ccccc1. The quantitative estimate of drug-likeness (QED) is 0.555. The van der Waals surface area contributed by atoms with Crippen LogP contribution >= 0.6 is 0 Å². The van der Waals surface area contributed by atoms with E-state index in [1.165, 1.54) is 7.11 Å². The number of hydrogen-bond acceptors (Lipinski definition) is 4. The van der Waals surface area contributed by atoms with Crippen LogP contribution in [-0.2, 0) is 11.4 Å². The normalized spacial score (nSPS) is 10.9. The van der Waals surface area contributed by atoms with E-state index in [9.17, 15) is 4.79 Å². The average Bonchev–Trinajstić information content (AvgIpc) is 3.11. The standard InChI is InChI=1S/C21H18N4O2/c1-27-24-21(26)17-12-19(16-10-6-3-7-11-16)23-20-18(17)13-22-25(20)14-15-8-4-2-5-9-15/h2-13H,14H2,1H3,(H,24,26). The third kappa shape index (κ3) is 3.43. The first-order valence-corrected chi connectivity index (χ1v) is 8.55. The van der Waals surface area contributed by atoms with Crippen LogP contribution in [0.1, 0.15) is 15.9 Å². The van der Waals surface area contributed by atoms with Gasteiger partial charge < -0.3 is 0 Å². The number of carbonyl (C=O) groups is 1. The molecule has 0 spiro atoms. The highest BCUT2D eigenvalue weighted by molar-refractivity contribution is 6.06. The summed E-state index contributed by atoms with van der Waals surface area (Å²) in [5.41, 5.74) is 6.26. The number of nitrogens with one attached hydrogen (secondary N) is 1. The van der Waals surface area contributed by atoms with E-state index >= 15 is 0 Å². The van der Waals surface area contributed by atoms with Crippen molar-refractivity contribution in [2.75, 3.05) is 7.11 Å². The Bertz CT molecular complexity index is 1080. The van der Waals surface area contributed by atoms with Crippen molar-refractivity contribution in [2.45, 2.75) is 6.54 Å². The monoisotopic (exact) mass is 358 g/mol. The van der Waals surface area contributed by atoms with Crippen LogP contribution in [0.2, 0.25) is 0 Å². The first-order chi connectivity index (χ1) is 13.3. The Morgan fingerprint density at radius 1 is 1.07 bits per heavy atom. The molecule has 0 saturated carbocycles. The van der Waals surface area contributed by atoms with Crippen LogP contribution in [0.15, 0.2) is 72.9 Å². The number of hydroxylamine groups is 1. The van der Waals surface area contributed by atoms with Crippen LogP contribution in [0.5, 0.6) is 0 Å². The molecular formula is C21H18N4O2. The van der Waals surface area contributed by atoms with E-state index < -0.39 is 0 Å². The lowest BCUT2D eigenvalue weighted by atomic mass is 10.1. The van der Waals surface area contributed by atoms with Gasteiger partial charge in [0.15, 0.2) is 5.65 Å². The molecule has 134 valence electrons. The molecule has 6 nitrogen and oxygen atoms in total. The van der Waals surface area contributed by atoms with Crippen LogP contribution in [-0.4, -0.2) is 27.8 Å². The number of pyridine rings is 1. The summed E-state index contributed by atoms with van der Waals surface area (Å²) in [6.45, 7) is 0.570. The predicted octanol–water partition coefficient (Wildman–Crippen LogP) is 3.44. The third-order valence-corrected chi connectivity index (χ3v) is 4.29. The zero-order chi connectivity index (χ0) is 18.6. The molecule has 2 aromatic heterocycles. The molecule has 6 heteroatoms. The van der Waals surface area contributed by atoms with Gasteiger partial charge in [-0.25, -0.2) is 15.1 Å². The van der Waals surface area contributed by atoms with E-state index in [2.05, 4.69) is 10.6 Å². The van der Waals surface area contributed by atoms with Gasteiger partial charge in [-0.1, -0.05) is 60.7 Å². The largest absolute Gasteiger partial charge is 0.277 e. The van der Waals surface area contributed by atoms with Gasteiger partial charge in [0.2, 0.25) is 0 Å². The Hall–Kier alpha value is -3.51. The molecule has 4 aromatic rings. The van der Waals surface area contributed by atoms with Gasteiger partial charge in [-0.15, -0.1) is 0 Å². The summed E-state index contributed by atoms with van der Waals surface area (Å²) in [6, 6.07) is 21.5. The fourth-order valence-corrected chi connectivity index (χ4v) is 3.01. The Labute approximate surface area is 156 Å². The summed E-state index contributed by atoms with van der Waals surface area (Å²) >= 11 is 0. The highest BCUT2D eigenvalue weighted by Crippen LogP contribution is 2.25. The molecular weight excluding hydrogens is 340 g/mol. The summed E-state index contributed by atoms with van der Waals surface area (Å²) in [4.78, 5) is 22.1. The molecule has 27 heavy (non-hydrogen) atoms. The second-order valence-electron chi connectivity index (χ2n) is 6.08. The van der Waals surface area contributed by atoms with Gasteiger partial charge in [0.1, 0.15) is 0 Å². The topological polar surface area (TPSA) is 69.0 Å². The van der Waals surface area contributed by atoms with E-state index in [0.29, 0.717) is 28.8 Å². The summed E-state index contributed by atoms with van der Waals surface area (Å²) < 4.78 is 1.81. The maximum atomic E-state index is 12.5. The molecule has 4 rings (SSSR count). The molecule has 0 fully saturated rings. The summed E-state index contributed by atoms with van der Waals surface area (Å²) in [5, 5.41) is 5.14. The Balaban J connectivity index is 1.87. The van der Waals surface area contributed by atoms with Crippen LogP contribution in [0, 0.1) is 0 Å². The van der Waals surface area contributed by atoms with E-state index in [-0.39, 0.29) is 5.91 Å². The van der Waals surface area contributed by atoms with Crippen LogP contribution < -0.4 is 5.48 Å². The van der Waals surface area contributed by atoms with E-state index in [1.807, 2.05) is 60.7 Å². The van der Waals surface area contributed by atoms with Gasteiger partial charge in [-0.2, -0.15) is 5.10 Å². The molecule has 0 saturated heterocycles. The molecule has 0 aliphatic rings. The van der Waals surface area contributed by atoms with Gasteiger partial charge in [0, 0.05) is 5.56 Å². The minimum Gasteiger partial charge on any atom is -0.277 e. The van der Waals surface area contributed by atoms with Gasteiger partial charge >= 0.3 is 0 Å². The van der Waals surface area contributed by atoms with Crippen molar-refractivity contribution in [1.82, 2.24) is 20.2 Å². The lowest BCUT2D eigenvalue weighted by molar-refractivity contribution is 0.0539. The molecule has 0 bridgehead atoms. The number of carbonyl (C=O) groups excluding carboxylic acids is 1.